The molecular formula is C17H28N2. The third-order valence-corrected chi connectivity index (χ3v) is 4.57. The van der Waals surface area contributed by atoms with Crippen LogP contribution in [0, 0.1) is 5.92 Å². The molecule has 0 aromatic heterocycles. The summed E-state index contributed by atoms with van der Waals surface area (Å²) >= 11 is 0. The van der Waals surface area contributed by atoms with E-state index in [1.807, 2.05) is 0 Å². The molecule has 0 bridgehead atoms. The van der Waals surface area contributed by atoms with Gasteiger partial charge in [0.15, 0.2) is 0 Å². The highest BCUT2D eigenvalue weighted by molar-refractivity contribution is 5.28. The molecule has 1 aromatic carbocycles. The molecule has 1 heterocycles. The molecule has 1 aliphatic heterocycles. The van der Waals surface area contributed by atoms with Crippen molar-refractivity contribution in [3.63, 3.8) is 0 Å². The molecular weight excluding hydrogens is 232 g/mol. The molecule has 2 rings (SSSR count). The summed E-state index contributed by atoms with van der Waals surface area (Å²) in [6.45, 7) is 7.73. The molecule has 2 heteroatoms. The quantitative estimate of drug-likeness (QED) is 0.882. The zero-order chi connectivity index (χ0) is 13.7. The lowest BCUT2D eigenvalue weighted by Crippen LogP contribution is -2.46. The summed E-state index contributed by atoms with van der Waals surface area (Å²) < 4.78 is 0. The van der Waals surface area contributed by atoms with Crippen molar-refractivity contribution in [3.05, 3.63) is 35.4 Å². The summed E-state index contributed by atoms with van der Waals surface area (Å²) in [5, 5.41) is 0. The Morgan fingerprint density at radius 3 is 2.21 bits per heavy atom. The molecule has 1 aromatic rings. The minimum atomic E-state index is 0.550. The Morgan fingerprint density at radius 1 is 1.16 bits per heavy atom. The molecule has 19 heavy (non-hydrogen) atoms. The molecule has 2 nitrogen and oxygen atoms in total. The van der Waals surface area contributed by atoms with Crippen molar-refractivity contribution in [2.75, 3.05) is 19.6 Å². The van der Waals surface area contributed by atoms with Crippen LogP contribution in [0.4, 0.5) is 0 Å². The van der Waals surface area contributed by atoms with Crippen LogP contribution in [0.1, 0.15) is 37.8 Å². The summed E-state index contributed by atoms with van der Waals surface area (Å²) in [5.74, 6) is 0.705. The third kappa shape index (κ3) is 3.58. The first kappa shape index (κ1) is 14.5. The fourth-order valence-corrected chi connectivity index (χ4v) is 3.41. The Bertz CT molecular complexity index is 362. The number of benzene rings is 1. The summed E-state index contributed by atoms with van der Waals surface area (Å²) in [5.41, 5.74) is 9.11. The second-order valence-corrected chi connectivity index (χ2v) is 5.87. The maximum atomic E-state index is 6.05. The van der Waals surface area contributed by atoms with E-state index in [1.165, 1.54) is 36.8 Å². The molecule has 106 valence electrons. The maximum absolute atomic E-state index is 6.05. The Labute approximate surface area is 118 Å². The first-order valence-corrected chi connectivity index (χ1v) is 7.77. The van der Waals surface area contributed by atoms with Crippen molar-refractivity contribution in [1.82, 2.24) is 4.90 Å². The average molecular weight is 260 g/mol. The van der Waals surface area contributed by atoms with Gasteiger partial charge in [0.25, 0.3) is 0 Å². The predicted octanol–water partition coefficient (Wildman–Crippen LogP) is 2.85. The lowest BCUT2D eigenvalue weighted by atomic mass is 9.95. The van der Waals surface area contributed by atoms with E-state index in [0.717, 1.165) is 19.6 Å². The average Bonchev–Trinajstić information content (AvgIpc) is 2.63. The van der Waals surface area contributed by atoms with Gasteiger partial charge in [0.2, 0.25) is 0 Å². The number of fused-ring (bicyclic) bond motifs is 1. The first-order valence-electron chi connectivity index (χ1n) is 7.77. The number of nitrogens with two attached hydrogens (primary N) is 1. The smallest absolute Gasteiger partial charge is 0.0244 e. The molecule has 0 saturated heterocycles. The second-order valence-electron chi connectivity index (χ2n) is 5.87. The van der Waals surface area contributed by atoms with Gasteiger partial charge in [-0.15, -0.1) is 0 Å². The number of hydrogen-bond acceptors (Lipinski definition) is 2. The predicted molar refractivity (Wildman–Crippen MR) is 82.3 cm³/mol. The maximum Gasteiger partial charge on any atom is 0.0244 e. The molecule has 0 saturated carbocycles. The van der Waals surface area contributed by atoms with Gasteiger partial charge in [-0.3, -0.25) is 4.90 Å². The lowest BCUT2D eigenvalue weighted by molar-refractivity contribution is 0.153. The van der Waals surface area contributed by atoms with Gasteiger partial charge in [0.05, 0.1) is 0 Å². The SMILES string of the molecule is CCCC(C)C(CN)N1CCc2ccccc2CC1. The number of nitrogens with zero attached hydrogens (tertiary/aromatic N) is 1. The highest BCUT2D eigenvalue weighted by atomic mass is 15.2. The minimum absolute atomic E-state index is 0.550. The minimum Gasteiger partial charge on any atom is -0.329 e. The van der Waals surface area contributed by atoms with Crippen LogP contribution in [-0.2, 0) is 12.8 Å². The van der Waals surface area contributed by atoms with E-state index >= 15 is 0 Å². The molecule has 0 aliphatic carbocycles. The van der Waals surface area contributed by atoms with Crippen LogP contribution in [0.3, 0.4) is 0 Å². The number of hydrogen-bond donors (Lipinski definition) is 1. The fraction of sp³-hybridized carbons (Fsp3) is 0.647. The molecule has 0 fully saturated rings. The van der Waals surface area contributed by atoms with Gasteiger partial charge in [-0.25, -0.2) is 0 Å². The normalized spacial score (nSPS) is 19.5. The van der Waals surface area contributed by atoms with Crippen LogP contribution >= 0.6 is 0 Å². The second kappa shape index (κ2) is 7.06. The molecule has 0 radical (unpaired) electrons. The summed E-state index contributed by atoms with van der Waals surface area (Å²) in [4.78, 5) is 2.63. The van der Waals surface area contributed by atoms with E-state index in [2.05, 4.69) is 43.0 Å². The van der Waals surface area contributed by atoms with Gasteiger partial charge in [-0.1, -0.05) is 44.5 Å². The summed E-state index contributed by atoms with van der Waals surface area (Å²) in [6.07, 6.45) is 4.88. The van der Waals surface area contributed by atoms with E-state index < -0.39 is 0 Å². The van der Waals surface area contributed by atoms with Crippen LogP contribution in [0.2, 0.25) is 0 Å². The van der Waals surface area contributed by atoms with E-state index in [0.29, 0.717) is 12.0 Å². The molecule has 2 N–H and O–H groups in total. The zero-order valence-electron chi connectivity index (χ0n) is 12.4. The van der Waals surface area contributed by atoms with Gasteiger partial charge < -0.3 is 5.73 Å². The van der Waals surface area contributed by atoms with Gasteiger partial charge in [0.1, 0.15) is 0 Å². The van der Waals surface area contributed by atoms with Crippen LogP contribution in [0.5, 0.6) is 0 Å². The van der Waals surface area contributed by atoms with Crippen molar-refractivity contribution in [2.45, 2.75) is 45.6 Å². The molecule has 1 aliphatic rings. The number of rotatable bonds is 5. The van der Waals surface area contributed by atoms with E-state index in [9.17, 15) is 0 Å². The van der Waals surface area contributed by atoms with E-state index in [1.54, 1.807) is 0 Å². The highest BCUT2D eigenvalue weighted by Crippen LogP contribution is 2.21. The Morgan fingerprint density at radius 2 is 1.74 bits per heavy atom. The Kier molecular flexibility index (Phi) is 5.41. The first-order chi connectivity index (χ1) is 9.26. The molecule has 0 spiro atoms. The third-order valence-electron chi connectivity index (χ3n) is 4.57. The topological polar surface area (TPSA) is 29.3 Å². The van der Waals surface area contributed by atoms with Gasteiger partial charge in [-0.2, -0.15) is 0 Å². The fourth-order valence-electron chi connectivity index (χ4n) is 3.41. The van der Waals surface area contributed by atoms with Crippen molar-refractivity contribution in [2.24, 2.45) is 11.7 Å². The largest absolute Gasteiger partial charge is 0.329 e. The monoisotopic (exact) mass is 260 g/mol. The Balaban J connectivity index is 2.03. The van der Waals surface area contributed by atoms with E-state index in [4.69, 9.17) is 5.73 Å². The molecule has 2 atom stereocenters. The van der Waals surface area contributed by atoms with E-state index in [-0.39, 0.29) is 0 Å². The zero-order valence-corrected chi connectivity index (χ0v) is 12.4. The summed E-state index contributed by atoms with van der Waals surface area (Å²) in [6, 6.07) is 9.44. The van der Waals surface area contributed by atoms with Crippen LogP contribution in [-0.4, -0.2) is 30.6 Å². The van der Waals surface area contributed by atoms with Gasteiger partial charge in [-0.05, 0) is 36.3 Å². The summed E-state index contributed by atoms with van der Waals surface area (Å²) in [7, 11) is 0. The van der Waals surface area contributed by atoms with Gasteiger partial charge in [0, 0.05) is 25.7 Å². The Hall–Kier alpha value is -0.860. The van der Waals surface area contributed by atoms with Crippen LogP contribution < -0.4 is 5.73 Å². The van der Waals surface area contributed by atoms with Crippen LogP contribution in [0.25, 0.3) is 0 Å². The van der Waals surface area contributed by atoms with Crippen molar-refractivity contribution in [3.8, 4) is 0 Å². The lowest BCUT2D eigenvalue weighted by Gasteiger charge is -2.34. The van der Waals surface area contributed by atoms with Crippen molar-refractivity contribution < 1.29 is 0 Å². The van der Waals surface area contributed by atoms with Gasteiger partial charge >= 0.3 is 0 Å². The van der Waals surface area contributed by atoms with Crippen LogP contribution in [0.15, 0.2) is 24.3 Å². The molecule has 2 unspecified atom stereocenters. The van der Waals surface area contributed by atoms with Crippen molar-refractivity contribution in [1.29, 1.82) is 0 Å². The van der Waals surface area contributed by atoms with Crippen molar-refractivity contribution >= 4 is 0 Å². The highest BCUT2D eigenvalue weighted by Gasteiger charge is 2.24. The molecule has 0 amide bonds. The standard InChI is InChI=1S/C17H28N2/c1-3-6-14(2)17(13-18)19-11-9-15-7-4-5-8-16(15)10-12-19/h4-5,7-8,14,17H,3,6,9-13,18H2,1-2H3.